The van der Waals surface area contributed by atoms with Gasteiger partial charge in [-0.15, -0.1) is 0 Å². The summed E-state index contributed by atoms with van der Waals surface area (Å²) >= 11 is 0. The third kappa shape index (κ3) is 9.87. The van der Waals surface area contributed by atoms with E-state index in [-0.39, 0.29) is 6.41 Å². The number of carbonyl (C=O) groups excluding carboxylic acids is 6. The minimum absolute atomic E-state index is 0.274. The minimum atomic E-state index is -2.05. The molecule has 14 N–H and O–H groups in total. The van der Waals surface area contributed by atoms with Crippen molar-refractivity contribution >= 4 is 35.9 Å². The van der Waals surface area contributed by atoms with Crippen molar-refractivity contribution in [3.8, 4) is 0 Å². The monoisotopic (exact) mass is 810 g/mol. The number of nitrogens with two attached hydrogens (primary N) is 2. The number of aliphatic hydroxyl groups is 6. The molecule has 318 valence electrons. The fraction of sp³-hybridized carbons (Fsp3) is 0.806. The highest BCUT2D eigenvalue weighted by Crippen LogP contribution is 2.34. The van der Waals surface area contributed by atoms with Crippen molar-refractivity contribution in [1.82, 2.24) is 21.3 Å². The number of primary amides is 2. The molecule has 0 aromatic heterocycles. The van der Waals surface area contributed by atoms with E-state index in [2.05, 4.69) is 21.3 Å². The average Bonchev–Trinajstić information content (AvgIpc) is 3.10. The van der Waals surface area contributed by atoms with Crippen LogP contribution in [0.3, 0.4) is 0 Å². The van der Waals surface area contributed by atoms with Crippen LogP contribution in [-0.2, 0) is 61.9 Å². The van der Waals surface area contributed by atoms with Crippen molar-refractivity contribution in [2.45, 2.75) is 157 Å². The Labute approximate surface area is 318 Å². The first-order valence-corrected chi connectivity index (χ1v) is 17.4. The number of hydrogen-bond acceptors (Lipinski definition) is 19. The van der Waals surface area contributed by atoms with Crippen LogP contribution in [0.25, 0.3) is 0 Å². The zero-order chi connectivity index (χ0) is 41.9. The maximum atomic E-state index is 12.9. The molecule has 0 unspecified atom stereocenters. The summed E-state index contributed by atoms with van der Waals surface area (Å²) < 4.78 is 40.0. The van der Waals surface area contributed by atoms with Crippen LogP contribution in [0, 0.1) is 0 Å². The zero-order valence-corrected chi connectivity index (χ0v) is 30.8. The third-order valence-corrected chi connectivity index (χ3v) is 9.64. The molecule has 4 saturated heterocycles. The van der Waals surface area contributed by atoms with Gasteiger partial charge in [-0.1, -0.05) is 0 Å². The van der Waals surface area contributed by atoms with Crippen molar-refractivity contribution in [3.05, 3.63) is 0 Å². The second-order valence-electron chi connectivity index (χ2n) is 13.8. The Morgan fingerprint density at radius 2 is 0.964 bits per heavy atom. The van der Waals surface area contributed by atoms with E-state index >= 15 is 0 Å². The van der Waals surface area contributed by atoms with Crippen LogP contribution in [0.2, 0.25) is 0 Å². The maximum absolute atomic E-state index is 12.9. The molecule has 4 aliphatic rings. The van der Waals surface area contributed by atoms with Gasteiger partial charge in [0.2, 0.25) is 35.9 Å². The Morgan fingerprint density at radius 3 is 1.39 bits per heavy atom. The van der Waals surface area contributed by atoms with E-state index < -0.39 is 152 Å². The molecule has 0 aromatic rings. The highest BCUT2D eigenvalue weighted by atomic mass is 16.8. The highest BCUT2D eigenvalue weighted by Gasteiger charge is 2.57. The number of carbonyl (C=O) groups is 6. The second-order valence-corrected chi connectivity index (χ2v) is 13.8. The van der Waals surface area contributed by atoms with E-state index in [1.807, 2.05) is 0 Å². The largest absolute Gasteiger partial charge is 0.388 e. The summed E-state index contributed by atoms with van der Waals surface area (Å²) in [5.41, 5.74) is 11.2. The van der Waals surface area contributed by atoms with Crippen molar-refractivity contribution in [1.29, 1.82) is 0 Å². The Balaban J connectivity index is 1.65. The van der Waals surface area contributed by atoms with Gasteiger partial charge in [-0.05, 0) is 13.8 Å². The number of amides is 6. The van der Waals surface area contributed by atoms with Crippen LogP contribution < -0.4 is 32.7 Å². The summed E-state index contributed by atoms with van der Waals surface area (Å²) in [6.07, 6.45) is -27.7. The fourth-order valence-electron chi connectivity index (χ4n) is 6.97. The van der Waals surface area contributed by atoms with Gasteiger partial charge in [-0.25, -0.2) is 0 Å². The quantitative estimate of drug-likeness (QED) is 0.0768. The Hall–Kier alpha value is -3.70. The molecule has 0 aromatic carbocycles. The lowest BCUT2D eigenvalue weighted by atomic mass is 9.92. The number of ether oxygens (including phenoxy) is 7. The molecule has 6 amide bonds. The summed E-state index contributed by atoms with van der Waals surface area (Å²) in [5, 5.41) is 75.4. The van der Waals surface area contributed by atoms with Crippen LogP contribution in [0.1, 0.15) is 34.6 Å². The Kier molecular flexibility index (Phi) is 15.0. The normalized spacial score (nSPS) is 44.1. The van der Waals surface area contributed by atoms with Crippen LogP contribution in [0.5, 0.6) is 0 Å². The van der Waals surface area contributed by atoms with E-state index in [1.54, 1.807) is 0 Å². The van der Waals surface area contributed by atoms with Crippen LogP contribution >= 0.6 is 0 Å². The van der Waals surface area contributed by atoms with E-state index in [4.69, 9.17) is 44.6 Å². The SMILES string of the molecule is CC(=O)N[C@@H]1[C@@H](O[C@H]2O[C@H](C(N)=O)[C@H](O[C@H]3O[C@H](C(N)=O)[C@H](O[C@@H]4O[C@H](C)[C@@H](NC=O)[C@H](O)[C@H]4O)[C@H](O)[C@H]3NC(C)=O)[C@H](O)[C@H]2NC(C)=O)[C@H](O)[C@@H](C)O[C@H]1O. The lowest BCUT2D eigenvalue weighted by Gasteiger charge is -2.50. The van der Waals surface area contributed by atoms with Gasteiger partial charge in [0.25, 0.3) is 0 Å². The van der Waals surface area contributed by atoms with Gasteiger partial charge >= 0.3 is 0 Å². The number of nitrogens with one attached hydrogen (secondary N) is 4. The molecule has 0 bridgehead atoms. The summed E-state index contributed by atoms with van der Waals surface area (Å²) in [5.74, 6) is -4.85. The molecule has 4 rings (SSSR count). The van der Waals surface area contributed by atoms with Gasteiger partial charge in [-0.2, -0.15) is 0 Å². The van der Waals surface area contributed by atoms with Gasteiger partial charge in [0.1, 0.15) is 67.0 Å². The number of rotatable bonds is 13. The predicted molar refractivity (Wildman–Crippen MR) is 177 cm³/mol. The predicted octanol–water partition coefficient (Wildman–Crippen LogP) is -8.52. The van der Waals surface area contributed by atoms with E-state index in [0.29, 0.717) is 0 Å². The first kappa shape index (κ1) is 45.0. The zero-order valence-electron chi connectivity index (χ0n) is 30.8. The minimum Gasteiger partial charge on any atom is -0.388 e. The van der Waals surface area contributed by atoms with E-state index in [1.165, 1.54) is 13.8 Å². The third-order valence-electron chi connectivity index (χ3n) is 9.64. The first-order valence-electron chi connectivity index (χ1n) is 17.4. The van der Waals surface area contributed by atoms with Crippen LogP contribution in [-0.4, -0.2) is 189 Å². The van der Waals surface area contributed by atoms with Crippen molar-refractivity contribution in [2.75, 3.05) is 0 Å². The first-order chi connectivity index (χ1) is 26.2. The lowest BCUT2D eigenvalue weighted by Crippen LogP contribution is -2.72. The summed E-state index contributed by atoms with van der Waals surface area (Å²) in [7, 11) is 0. The molecule has 4 heterocycles. The van der Waals surface area contributed by atoms with Gasteiger partial charge in [0.15, 0.2) is 37.4 Å². The summed E-state index contributed by atoms with van der Waals surface area (Å²) in [6, 6.07) is -5.93. The van der Waals surface area contributed by atoms with Crippen LogP contribution in [0.4, 0.5) is 0 Å². The van der Waals surface area contributed by atoms with Gasteiger partial charge in [-0.3, -0.25) is 28.8 Å². The smallest absolute Gasteiger partial charge is 0.249 e. The fourth-order valence-corrected chi connectivity index (χ4v) is 6.97. The summed E-state index contributed by atoms with van der Waals surface area (Å²) in [6.45, 7) is 5.98. The molecule has 0 saturated carbocycles. The topological polar surface area (TPSA) is 389 Å². The average molecular weight is 811 g/mol. The number of hydrogen-bond donors (Lipinski definition) is 12. The molecule has 4 aliphatic heterocycles. The van der Waals surface area contributed by atoms with E-state index in [9.17, 15) is 59.4 Å². The second kappa shape index (κ2) is 18.7. The van der Waals surface area contributed by atoms with Crippen molar-refractivity contribution in [3.63, 3.8) is 0 Å². The van der Waals surface area contributed by atoms with E-state index in [0.717, 1.165) is 20.8 Å². The highest BCUT2D eigenvalue weighted by molar-refractivity contribution is 5.81. The van der Waals surface area contributed by atoms with Gasteiger partial charge in [0.05, 0.1) is 18.2 Å². The van der Waals surface area contributed by atoms with Crippen LogP contribution in [0.15, 0.2) is 0 Å². The molecule has 0 spiro atoms. The number of aliphatic hydroxyl groups excluding tert-OH is 6. The molecule has 25 nitrogen and oxygen atoms in total. The van der Waals surface area contributed by atoms with Crippen molar-refractivity contribution in [2.24, 2.45) is 11.5 Å². The van der Waals surface area contributed by atoms with Crippen molar-refractivity contribution < 1.29 is 92.6 Å². The molecule has 25 heteroatoms. The molecule has 0 radical (unpaired) electrons. The molecular weight excluding hydrogens is 760 g/mol. The Morgan fingerprint density at radius 1 is 0.536 bits per heavy atom. The molecule has 56 heavy (non-hydrogen) atoms. The maximum Gasteiger partial charge on any atom is 0.249 e. The van der Waals surface area contributed by atoms with Gasteiger partial charge < -0.3 is 96.5 Å². The summed E-state index contributed by atoms with van der Waals surface area (Å²) in [4.78, 5) is 73.3. The van der Waals surface area contributed by atoms with Gasteiger partial charge in [0, 0.05) is 20.8 Å². The lowest BCUT2D eigenvalue weighted by molar-refractivity contribution is -0.351. The standard InChI is InChI=1S/C31H50N6O19/c1-7-12(34-6-38)17(43)20(46)31(51-7)54-23-19(45)14(36-10(4)40)30(56-25(23)27(33)48)53-22-18(44)13(35-9(3)39)29(55-24(22)26(32)47)52-21-15(37-11(5)41)28(49)50-8(2)16(21)42/h6-8,12-25,28-31,42-46,49H,1-5H3,(H2,32,47)(H2,33,48)(H,34,38)(H,35,39)(H,36,40)(H,37,41)/t7-,8-,12-,13-,14-,15-,16-,17+,18-,19-,20-,21-,22-,23-,24+,25+,28-,29+,30+,31+/m1/s1. The molecule has 20 atom stereocenters. The molecular formula is C31H50N6O19. The Bertz CT molecular complexity index is 1450. The molecule has 0 aliphatic carbocycles. The molecule has 4 fully saturated rings.